The number of hydrogen-bond acceptors (Lipinski definition) is 3. The van der Waals surface area contributed by atoms with E-state index < -0.39 is 0 Å². The van der Waals surface area contributed by atoms with Gasteiger partial charge >= 0.3 is 0 Å². The molecule has 1 aliphatic heterocycles. The van der Waals surface area contributed by atoms with Crippen molar-refractivity contribution >= 4 is 11.9 Å². The second-order valence-corrected chi connectivity index (χ2v) is 4.56. The van der Waals surface area contributed by atoms with Gasteiger partial charge in [-0.2, -0.15) is 0 Å². The molecule has 19 heavy (non-hydrogen) atoms. The van der Waals surface area contributed by atoms with Crippen molar-refractivity contribution in [2.45, 2.75) is 39.2 Å². The van der Waals surface area contributed by atoms with E-state index in [1.807, 2.05) is 13.8 Å². The number of carbonyl (C=O) groups excluding carboxylic acids is 1. The highest BCUT2D eigenvalue weighted by atomic mass is 16.5. The minimum Gasteiger partial charge on any atom is -0.376 e. The van der Waals surface area contributed by atoms with Crippen LogP contribution in [0.15, 0.2) is 4.99 Å². The quantitative estimate of drug-likeness (QED) is 0.458. The summed E-state index contributed by atoms with van der Waals surface area (Å²) in [7, 11) is 0. The third-order valence-corrected chi connectivity index (χ3v) is 2.82. The molecular weight excluding hydrogens is 244 g/mol. The Kier molecular flexibility index (Phi) is 7.97. The van der Waals surface area contributed by atoms with Crippen molar-refractivity contribution in [1.82, 2.24) is 16.0 Å². The lowest BCUT2D eigenvalue weighted by atomic mass is 10.2. The summed E-state index contributed by atoms with van der Waals surface area (Å²) in [5.41, 5.74) is 0. The molecule has 1 atom stereocenters. The van der Waals surface area contributed by atoms with Gasteiger partial charge in [-0.15, -0.1) is 0 Å². The first-order valence-corrected chi connectivity index (χ1v) is 7.16. The van der Waals surface area contributed by atoms with Crippen LogP contribution in [-0.4, -0.2) is 50.8 Å². The predicted molar refractivity (Wildman–Crippen MR) is 76.3 cm³/mol. The van der Waals surface area contributed by atoms with E-state index >= 15 is 0 Å². The minimum absolute atomic E-state index is 0.0452. The van der Waals surface area contributed by atoms with Gasteiger partial charge in [0, 0.05) is 26.2 Å². The van der Waals surface area contributed by atoms with Crippen LogP contribution in [-0.2, 0) is 9.53 Å². The molecule has 3 N–H and O–H groups in total. The number of guanidine groups is 1. The summed E-state index contributed by atoms with van der Waals surface area (Å²) >= 11 is 0. The molecule has 1 fully saturated rings. The fraction of sp³-hybridized carbons (Fsp3) is 0.846. The van der Waals surface area contributed by atoms with Crippen molar-refractivity contribution in [2.75, 3.05) is 32.8 Å². The number of nitrogens with one attached hydrogen (secondary N) is 3. The Morgan fingerprint density at radius 1 is 1.32 bits per heavy atom. The van der Waals surface area contributed by atoms with Crippen LogP contribution in [0.2, 0.25) is 0 Å². The third kappa shape index (κ3) is 7.00. The van der Waals surface area contributed by atoms with E-state index in [4.69, 9.17) is 4.74 Å². The van der Waals surface area contributed by atoms with Crippen LogP contribution < -0.4 is 16.0 Å². The summed E-state index contributed by atoms with van der Waals surface area (Å²) in [6, 6.07) is 0. The maximum absolute atomic E-state index is 11.5. The van der Waals surface area contributed by atoms with Crippen LogP contribution in [0.3, 0.4) is 0 Å². The topological polar surface area (TPSA) is 74.8 Å². The summed E-state index contributed by atoms with van der Waals surface area (Å²) < 4.78 is 5.54. The zero-order chi connectivity index (χ0) is 13.9. The van der Waals surface area contributed by atoms with E-state index in [2.05, 4.69) is 20.9 Å². The van der Waals surface area contributed by atoms with E-state index in [0.717, 1.165) is 39.0 Å². The molecule has 0 aromatic heterocycles. The van der Waals surface area contributed by atoms with Crippen molar-refractivity contribution in [3.63, 3.8) is 0 Å². The second kappa shape index (κ2) is 9.61. The van der Waals surface area contributed by atoms with E-state index in [0.29, 0.717) is 12.5 Å². The second-order valence-electron chi connectivity index (χ2n) is 4.56. The van der Waals surface area contributed by atoms with Gasteiger partial charge in [-0.1, -0.05) is 6.92 Å². The van der Waals surface area contributed by atoms with Crippen molar-refractivity contribution in [2.24, 2.45) is 4.99 Å². The van der Waals surface area contributed by atoms with Crippen LogP contribution >= 0.6 is 0 Å². The molecule has 1 saturated heterocycles. The normalized spacial score (nSPS) is 19.3. The number of hydrogen-bond donors (Lipinski definition) is 3. The summed E-state index contributed by atoms with van der Waals surface area (Å²) in [6.45, 7) is 7.24. The number of nitrogens with zero attached hydrogens (tertiary/aromatic N) is 1. The molecule has 6 nitrogen and oxygen atoms in total. The highest BCUT2D eigenvalue weighted by molar-refractivity contribution is 5.84. The Labute approximate surface area is 115 Å². The molecule has 0 saturated carbocycles. The lowest BCUT2D eigenvalue weighted by Gasteiger charge is -2.14. The Balaban J connectivity index is 2.30. The van der Waals surface area contributed by atoms with Crippen molar-refractivity contribution in [3.8, 4) is 0 Å². The first-order valence-electron chi connectivity index (χ1n) is 7.16. The lowest BCUT2D eigenvalue weighted by molar-refractivity contribution is -0.119. The largest absolute Gasteiger partial charge is 0.376 e. The van der Waals surface area contributed by atoms with Crippen molar-refractivity contribution in [3.05, 3.63) is 0 Å². The van der Waals surface area contributed by atoms with E-state index in [9.17, 15) is 4.79 Å². The zero-order valence-corrected chi connectivity index (χ0v) is 12.0. The predicted octanol–water partition coefficient (Wildman–Crippen LogP) is 0.247. The van der Waals surface area contributed by atoms with Gasteiger partial charge in [-0.3, -0.25) is 4.79 Å². The number of carbonyl (C=O) groups is 1. The molecule has 0 aromatic carbocycles. The van der Waals surface area contributed by atoms with E-state index in [1.165, 1.54) is 0 Å². The maximum Gasteiger partial charge on any atom is 0.241 e. The Hall–Kier alpha value is -1.30. The molecule has 1 aliphatic rings. The first-order chi connectivity index (χ1) is 9.26. The Morgan fingerprint density at radius 3 is 2.79 bits per heavy atom. The monoisotopic (exact) mass is 270 g/mol. The summed E-state index contributed by atoms with van der Waals surface area (Å²) in [5, 5.41) is 9.13. The summed E-state index contributed by atoms with van der Waals surface area (Å²) in [6.07, 6.45) is 3.41. The average Bonchev–Trinajstić information content (AvgIpc) is 2.92. The van der Waals surface area contributed by atoms with E-state index in [1.54, 1.807) is 0 Å². The highest BCUT2D eigenvalue weighted by Crippen LogP contribution is 2.10. The van der Waals surface area contributed by atoms with E-state index in [-0.39, 0.29) is 18.6 Å². The SMILES string of the molecule is CCCNC(=O)CN=C(NCC)NCC1CCCO1. The molecule has 1 amide bonds. The summed E-state index contributed by atoms with van der Waals surface area (Å²) in [4.78, 5) is 15.7. The standard InChI is InChI=1S/C13H26N4O2/c1-3-7-15-12(18)10-17-13(14-4-2)16-9-11-6-5-8-19-11/h11H,3-10H2,1-2H3,(H,15,18)(H2,14,16,17). The van der Waals surface area contributed by atoms with Gasteiger partial charge in [0.15, 0.2) is 5.96 Å². The third-order valence-electron chi connectivity index (χ3n) is 2.82. The number of rotatable bonds is 7. The zero-order valence-electron chi connectivity index (χ0n) is 12.0. The van der Waals surface area contributed by atoms with Gasteiger partial charge < -0.3 is 20.7 Å². The molecule has 0 aromatic rings. The molecule has 1 unspecified atom stereocenters. The van der Waals surface area contributed by atoms with Gasteiger partial charge in [0.1, 0.15) is 6.54 Å². The molecule has 6 heteroatoms. The average molecular weight is 270 g/mol. The number of amides is 1. The van der Waals surface area contributed by atoms with Crippen LogP contribution in [0.1, 0.15) is 33.1 Å². The maximum atomic E-state index is 11.5. The number of ether oxygens (including phenoxy) is 1. The van der Waals surface area contributed by atoms with Gasteiger partial charge in [0.25, 0.3) is 0 Å². The number of aliphatic imine (C=N–C) groups is 1. The smallest absolute Gasteiger partial charge is 0.241 e. The van der Waals surface area contributed by atoms with Gasteiger partial charge in [-0.05, 0) is 26.2 Å². The fourth-order valence-electron chi connectivity index (χ4n) is 1.83. The van der Waals surface area contributed by atoms with Crippen LogP contribution in [0.25, 0.3) is 0 Å². The molecule has 0 bridgehead atoms. The van der Waals surface area contributed by atoms with Gasteiger partial charge in [-0.25, -0.2) is 4.99 Å². The molecule has 0 spiro atoms. The molecule has 110 valence electrons. The van der Waals surface area contributed by atoms with Crippen molar-refractivity contribution < 1.29 is 9.53 Å². The Morgan fingerprint density at radius 2 is 2.16 bits per heavy atom. The van der Waals surface area contributed by atoms with Crippen LogP contribution in [0.5, 0.6) is 0 Å². The van der Waals surface area contributed by atoms with Gasteiger partial charge in [0.05, 0.1) is 6.10 Å². The van der Waals surface area contributed by atoms with Crippen molar-refractivity contribution in [1.29, 1.82) is 0 Å². The first kappa shape index (κ1) is 15.8. The molecule has 0 aliphatic carbocycles. The lowest BCUT2D eigenvalue weighted by Crippen LogP contribution is -2.41. The fourth-order valence-corrected chi connectivity index (χ4v) is 1.83. The molecule has 1 rings (SSSR count). The van der Waals surface area contributed by atoms with Gasteiger partial charge in [0.2, 0.25) is 5.91 Å². The molecular formula is C13H26N4O2. The highest BCUT2D eigenvalue weighted by Gasteiger charge is 2.15. The molecule has 0 radical (unpaired) electrons. The minimum atomic E-state index is -0.0452. The summed E-state index contributed by atoms with van der Waals surface area (Å²) in [5.74, 6) is 0.626. The Bertz CT molecular complexity index is 288. The van der Waals surface area contributed by atoms with Crippen LogP contribution in [0, 0.1) is 0 Å². The van der Waals surface area contributed by atoms with Crippen LogP contribution in [0.4, 0.5) is 0 Å². The molecule has 1 heterocycles.